The summed E-state index contributed by atoms with van der Waals surface area (Å²) in [7, 11) is 0. The molecular formula is C27H32O16. The molecule has 0 aromatic heterocycles. The SMILES string of the molecule is CC1OC(OCC2OC(Oc3cc(O)c4c(c3)OC(c3cc(O)cc(O)c3O)CC4=O)C(O)C(O)C2O)C(O)C(O)C1O. The summed E-state index contributed by atoms with van der Waals surface area (Å²) < 4.78 is 27.8. The van der Waals surface area contributed by atoms with E-state index in [9.17, 15) is 55.9 Å². The van der Waals surface area contributed by atoms with Gasteiger partial charge in [0, 0.05) is 23.8 Å². The molecule has 2 saturated heterocycles. The number of aromatic hydroxyl groups is 4. The number of phenols is 4. The Kier molecular flexibility index (Phi) is 8.59. The highest BCUT2D eigenvalue weighted by Gasteiger charge is 2.47. The fraction of sp³-hybridized carbons (Fsp3) is 0.519. The van der Waals surface area contributed by atoms with Gasteiger partial charge < -0.3 is 74.7 Å². The van der Waals surface area contributed by atoms with Gasteiger partial charge in [-0.3, -0.25) is 4.79 Å². The van der Waals surface area contributed by atoms with Crippen LogP contribution in [0, 0.1) is 0 Å². The van der Waals surface area contributed by atoms with Crippen LogP contribution in [0.2, 0.25) is 0 Å². The number of phenolic OH excluding ortho intramolecular Hbond substituents is 4. The molecule has 2 aromatic carbocycles. The van der Waals surface area contributed by atoms with Crippen LogP contribution in [0.4, 0.5) is 0 Å². The highest BCUT2D eigenvalue weighted by Crippen LogP contribution is 2.46. The number of benzene rings is 2. The molecule has 0 radical (unpaired) electrons. The molecule has 43 heavy (non-hydrogen) atoms. The van der Waals surface area contributed by atoms with Gasteiger partial charge in [0.05, 0.1) is 19.1 Å². The van der Waals surface area contributed by atoms with Crippen LogP contribution in [-0.2, 0) is 14.2 Å². The minimum absolute atomic E-state index is 0.100. The van der Waals surface area contributed by atoms with Crippen molar-refractivity contribution in [3.05, 3.63) is 35.4 Å². The van der Waals surface area contributed by atoms with Crippen molar-refractivity contribution in [1.82, 2.24) is 0 Å². The van der Waals surface area contributed by atoms with Crippen molar-refractivity contribution < 1.29 is 79.5 Å². The summed E-state index contributed by atoms with van der Waals surface area (Å²) in [5.41, 5.74) is -0.316. The first kappa shape index (κ1) is 31.0. The highest BCUT2D eigenvalue weighted by molar-refractivity contribution is 6.02. The van der Waals surface area contributed by atoms with Gasteiger partial charge in [-0.05, 0) is 13.0 Å². The Balaban J connectivity index is 1.32. The average molecular weight is 613 g/mol. The van der Waals surface area contributed by atoms with E-state index in [0.29, 0.717) is 0 Å². The number of carbonyl (C=O) groups is 1. The van der Waals surface area contributed by atoms with Gasteiger partial charge in [0.15, 0.2) is 23.6 Å². The first-order chi connectivity index (χ1) is 20.3. The molecule has 0 spiro atoms. The fourth-order valence-corrected chi connectivity index (χ4v) is 5.15. The van der Waals surface area contributed by atoms with E-state index in [-0.39, 0.29) is 29.0 Å². The number of aliphatic hydroxyl groups excluding tert-OH is 6. The summed E-state index contributed by atoms with van der Waals surface area (Å²) in [4.78, 5) is 12.8. The molecule has 3 aliphatic heterocycles. The van der Waals surface area contributed by atoms with Crippen LogP contribution in [0.1, 0.15) is 35.4 Å². The maximum Gasteiger partial charge on any atom is 0.229 e. The predicted molar refractivity (Wildman–Crippen MR) is 137 cm³/mol. The Morgan fingerprint density at radius 1 is 0.791 bits per heavy atom. The maximum absolute atomic E-state index is 12.8. The van der Waals surface area contributed by atoms with Gasteiger partial charge in [0.2, 0.25) is 6.29 Å². The number of fused-ring (bicyclic) bond motifs is 1. The summed E-state index contributed by atoms with van der Waals surface area (Å²) in [5.74, 6) is -3.25. The Bertz CT molecular complexity index is 1350. The summed E-state index contributed by atoms with van der Waals surface area (Å²) in [6.45, 7) is 0.910. The molecule has 3 aliphatic rings. The third-order valence-corrected chi connectivity index (χ3v) is 7.58. The summed E-state index contributed by atoms with van der Waals surface area (Å²) in [6.07, 6.45) is -16.8. The summed E-state index contributed by atoms with van der Waals surface area (Å²) in [5, 5.41) is 102. The molecule has 0 saturated carbocycles. The van der Waals surface area contributed by atoms with Crippen molar-refractivity contribution in [1.29, 1.82) is 0 Å². The molecule has 11 atom stereocenters. The van der Waals surface area contributed by atoms with Gasteiger partial charge in [-0.1, -0.05) is 0 Å². The molecule has 0 aliphatic carbocycles. The minimum Gasteiger partial charge on any atom is -0.508 e. The smallest absolute Gasteiger partial charge is 0.229 e. The van der Waals surface area contributed by atoms with Crippen LogP contribution < -0.4 is 9.47 Å². The first-order valence-electron chi connectivity index (χ1n) is 13.3. The van der Waals surface area contributed by atoms with Crippen molar-refractivity contribution in [2.45, 2.75) is 80.9 Å². The summed E-state index contributed by atoms with van der Waals surface area (Å²) >= 11 is 0. The second-order valence-corrected chi connectivity index (χ2v) is 10.6. The zero-order valence-electron chi connectivity index (χ0n) is 22.5. The van der Waals surface area contributed by atoms with Crippen molar-refractivity contribution in [3.63, 3.8) is 0 Å². The third-order valence-electron chi connectivity index (χ3n) is 7.58. The molecule has 16 nitrogen and oxygen atoms in total. The number of hydrogen-bond donors (Lipinski definition) is 10. The number of ketones is 1. The number of carbonyl (C=O) groups excluding carboxylic acids is 1. The lowest BCUT2D eigenvalue weighted by molar-refractivity contribution is -0.318. The van der Waals surface area contributed by atoms with E-state index >= 15 is 0 Å². The van der Waals surface area contributed by atoms with Crippen molar-refractivity contribution in [2.24, 2.45) is 0 Å². The van der Waals surface area contributed by atoms with Crippen molar-refractivity contribution >= 4 is 5.78 Å². The zero-order chi connectivity index (χ0) is 31.3. The quantitative estimate of drug-likeness (QED) is 0.128. The van der Waals surface area contributed by atoms with E-state index in [4.69, 9.17) is 23.7 Å². The van der Waals surface area contributed by atoms with Crippen LogP contribution >= 0.6 is 0 Å². The molecule has 236 valence electrons. The number of aliphatic hydroxyl groups is 6. The molecular weight excluding hydrogens is 580 g/mol. The first-order valence-corrected chi connectivity index (χ1v) is 13.3. The topological polar surface area (TPSA) is 266 Å². The van der Waals surface area contributed by atoms with Gasteiger partial charge >= 0.3 is 0 Å². The molecule has 3 heterocycles. The van der Waals surface area contributed by atoms with Crippen LogP contribution in [0.3, 0.4) is 0 Å². The highest BCUT2D eigenvalue weighted by atomic mass is 16.7. The Morgan fingerprint density at radius 3 is 2.19 bits per heavy atom. The number of Topliss-reactive ketones (excluding diaryl/α,β-unsaturated/α-hetero) is 1. The number of hydrogen-bond acceptors (Lipinski definition) is 16. The molecule has 0 bridgehead atoms. The van der Waals surface area contributed by atoms with E-state index in [1.54, 1.807) is 0 Å². The van der Waals surface area contributed by atoms with Gasteiger partial charge in [0.1, 0.15) is 77.4 Å². The lowest BCUT2D eigenvalue weighted by Crippen LogP contribution is -2.61. The molecule has 2 aromatic rings. The standard InChI is InChI=1S/C27H32O16/c1-8-19(32)22(35)24(37)26(40-8)39-7-17-21(34)23(36)25(38)27(43-17)41-10-4-12(29)18-13(30)6-15(42-16(18)5-10)11-2-9(28)3-14(31)20(11)33/h2-5,8,15,17,19,21-29,31-38H,6-7H2,1H3. The molecule has 5 rings (SSSR count). The van der Waals surface area contributed by atoms with Gasteiger partial charge in [-0.15, -0.1) is 0 Å². The van der Waals surface area contributed by atoms with E-state index < -0.39 is 103 Å². The number of rotatable bonds is 6. The third kappa shape index (κ3) is 5.88. The van der Waals surface area contributed by atoms with Gasteiger partial charge in [0.25, 0.3) is 0 Å². The zero-order valence-corrected chi connectivity index (χ0v) is 22.5. The summed E-state index contributed by atoms with van der Waals surface area (Å²) in [6, 6.07) is 4.18. The van der Waals surface area contributed by atoms with Crippen LogP contribution in [0.5, 0.6) is 34.5 Å². The van der Waals surface area contributed by atoms with E-state index in [0.717, 1.165) is 24.3 Å². The molecule has 2 fully saturated rings. The van der Waals surface area contributed by atoms with E-state index in [1.165, 1.54) is 6.92 Å². The second kappa shape index (κ2) is 11.9. The monoisotopic (exact) mass is 612 g/mol. The average Bonchev–Trinajstić information content (AvgIpc) is 2.95. The lowest BCUT2D eigenvalue weighted by atomic mass is 9.94. The molecule has 11 unspecified atom stereocenters. The van der Waals surface area contributed by atoms with E-state index in [2.05, 4.69) is 0 Å². The normalized spacial score (nSPS) is 36.1. The van der Waals surface area contributed by atoms with Crippen LogP contribution in [0.25, 0.3) is 0 Å². The van der Waals surface area contributed by atoms with E-state index in [1.807, 2.05) is 0 Å². The maximum atomic E-state index is 12.8. The largest absolute Gasteiger partial charge is 0.508 e. The Morgan fingerprint density at radius 2 is 1.47 bits per heavy atom. The molecule has 16 heteroatoms. The lowest BCUT2D eigenvalue weighted by Gasteiger charge is -2.42. The molecule has 10 N–H and O–H groups in total. The van der Waals surface area contributed by atoms with Crippen molar-refractivity contribution in [3.8, 4) is 34.5 Å². The predicted octanol–water partition coefficient (Wildman–Crippen LogP) is -1.75. The van der Waals surface area contributed by atoms with Crippen LogP contribution in [-0.4, -0.2) is 125 Å². The Hall–Kier alpha value is -3.45. The molecule has 0 amide bonds. The van der Waals surface area contributed by atoms with Crippen molar-refractivity contribution in [2.75, 3.05) is 6.61 Å². The minimum atomic E-state index is -1.82. The fourth-order valence-electron chi connectivity index (χ4n) is 5.15. The van der Waals surface area contributed by atoms with Gasteiger partial charge in [-0.25, -0.2) is 0 Å². The Labute approximate surface area is 243 Å². The number of ether oxygens (including phenoxy) is 5. The second-order valence-electron chi connectivity index (χ2n) is 10.6. The van der Waals surface area contributed by atoms with Crippen LogP contribution in [0.15, 0.2) is 24.3 Å². The van der Waals surface area contributed by atoms with Gasteiger partial charge in [-0.2, -0.15) is 0 Å².